The van der Waals surface area contributed by atoms with E-state index in [1.807, 2.05) is 18.2 Å². The van der Waals surface area contributed by atoms with Crippen LogP contribution in [0.25, 0.3) is 10.9 Å². The third kappa shape index (κ3) is 4.01. The lowest BCUT2D eigenvalue weighted by molar-refractivity contribution is -0.125. The van der Waals surface area contributed by atoms with Crippen molar-refractivity contribution in [2.24, 2.45) is 0 Å². The van der Waals surface area contributed by atoms with Crippen molar-refractivity contribution in [2.75, 3.05) is 5.32 Å². The maximum atomic E-state index is 13.1. The number of amides is 1. The molecule has 5 nitrogen and oxygen atoms in total. The van der Waals surface area contributed by atoms with Gasteiger partial charge in [-0.05, 0) is 30.3 Å². The average Bonchev–Trinajstić information content (AvgIpc) is 3.18. The number of hydrogen-bond donors (Lipinski definition) is 2. The highest BCUT2D eigenvalue weighted by molar-refractivity contribution is 6.05. The molecule has 6 heteroatoms. The molecule has 0 unspecified atom stereocenters. The zero-order chi connectivity index (χ0) is 20.2. The van der Waals surface area contributed by atoms with Gasteiger partial charge in [-0.15, -0.1) is 0 Å². The molecule has 3 aromatic carbocycles. The van der Waals surface area contributed by atoms with Crippen molar-refractivity contribution in [1.82, 2.24) is 4.98 Å². The molecule has 1 amide bonds. The molecule has 1 heterocycles. The zero-order valence-corrected chi connectivity index (χ0v) is 15.3. The number of aromatic amines is 1. The van der Waals surface area contributed by atoms with Crippen LogP contribution < -0.4 is 5.32 Å². The van der Waals surface area contributed by atoms with E-state index in [-0.39, 0.29) is 0 Å². The molecule has 29 heavy (non-hydrogen) atoms. The first kappa shape index (κ1) is 18.4. The molecule has 144 valence electrons. The summed E-state index contributed by atoms with van der Waals surface area (Å²) in [6, 6.07) is 21.4. The highest BCUT2D eigenvalue weighted by Gasteiger charge is 2.27. The average molecular weight is 388 g/mol. The molecule has 0 saturated heterocycles. The van der Waals surface area contributed by atoms with Gasteiger partial charge in [0.1, 0.15) is 5.82 Å². The highest BCUT2D eigenvalue weighted by Crippen LogP contribution is 2.25. The molecule has 0 fully saturated rings. The first-order valence-electron chi connectivity index (χ1n) is 9.00. The summed E-state index contributed by atoms with van der Waals surface area (Å²) in [5.41, 5.74) is 2.07. The van der Waals surface area contributed by atoms with Gasteiger partial charge in [-0.2, -0.15) is 0 Å². The first-order valence-corrected chi connectivity index (χ1v) is 9.00. The summed E-state index contributed by atoms with van der Waals surface area (Å²) >= 11 is 0. The third-order valence-corrected chi connectivity index (χ3v) is 4.49. The van der Waals surface area contributed by atoms with E-state index < -0.39 is 23.8 Å². The van der Waals surface area contributed by atoms with Gasteiger partial charge in [-0.25, -0.2) is 9.18 Å². The molecule has 2 N–H and O–H groups in total. The second-order valence-electron chi connectivity index (χ2n) is 6.44. The molecule has 1 aromatic heterocycles. The standard InChI is InChI=1S/C23H17FN2O3/c24-16-10-12-17(13-11-16)26-22(27)21(15-6-2-1-3-7-15)29-23(28)19-14-25-20-9-5-4-8-18(19)20/h1-14,21,25H,(H,26,27)/t21-/m1/s1. The Balaban J connectivity index is 1.61. The molecule has 0 saturated carbocycles. The van der Waals surface area contributed by atoms with Gasteiger partial charge in [0.2, 0.25) is 6.10 Å². The molecule has 4 rings (SSSR count). The molecule has 0 aliphatic carbocycles. The van der Waals surface area contributed by atoms with Gasteiger partial charge in [0, 0.05) is 28.4 Å². The van der Waals surface area contributed by atoms with E-state index in [0.717, 1.165) is 5.52 Å². The van der Waals surface area contributed by atoms with Crippen LogP contribution in [0.4, 0.5) is 10.1 Å². The van der Waals surface area contributed by atoms with E-state index in [4.69, 9.17) is 4.74 Å². The quantitative estimate of drug-likeness (QED) is 0.481. The van der Waals surface area contributed by atoms with Gasteiger partial charge in [-0.3, -0.25) is 4.79 Å². The molecule has 0 aliphatic rings. The van der Waals surface area contributed by atoms with Gasteiger partial charge in [-0.1, -0.05) is 48.5 Å². The van der Waals surface area contributed by atoms with Crippen molar-refractivity contribution >= 4 is 28.5 Å². The molecule has 0 bridgehead atoms. The number of halogens is 1. The normalized spacial score (nSPS) is 11.8. The van der Waals surface area contributed by atoms with Crippen molar-refractivity contribution < 1.29 is 18.7 Å². The van der Waals surface area contributed by atoms with E-state index in [9.17, 15) is 14.0 Å². The number of anilines is 1. The summed E-state index contributed by atoms with van der Waals surface area (Å²) in [7, 11) is 0. The number of ether oxygens (including phenoxy) is 1. The summed E-state index contributed by atoms with van der Waals surface area (Å²) in [5, 5.41) is 3.38. The Hall–Kier alpha value is -3.93. The largest absolute Gasteiger partial charge is 0.444 e. The van der Waals surface area contributed by atoms with Crippen LogP contribution in [0.15, 0.2) is 85.1 Å². The van der Waals surface area contributed by atoms with Crippen molar-refractivity contribution in [2.45, 2.75) is 6.10 Å². The van der Waals surface area contributed by atoms with Gasteiger partial charge < -0.3 is 15.0 Å². The number of benzene rings is 3. The van der Waals surface area contributed by atoms with Crippen molar-refractivity contribution in [3.63, 3.8) is 0 Å². The van der Waals surface area contributed by atoms with Crippen LogP contribution in [0.3, 0.4) is 0 Å². The Morgan fingerprint density at radius 2 is 1.59 bits per heavy atom. The molecule has 0 aliphatic heterocycles. The van der Waals surface area contributed by atoms with Crippen LogP contribution >= 0.6 is 0 Å². The minimum absolute atomic E-state index is 0.344. The molecule has 0 radical (unpaired) electrons. The molecule has 1 atom stereocenters. The zero-order valence-electron chi connectivity index (χ0n) is 15.3. The monoisotopic (exact) mass is 388 g/mol. The molecule has 4 aromatic rings. The Bertz CT molecular complexity index is 1150. The van der Waals surface area contributed by atoms with Crippen LogP contribution in [-0.4, -0.2) is 16.9 Å². The fraction of sp³-hybridized carbons (Fsp3) is 0.0435. The SMILES string of the molecule is O=C(O[C@@H](C(=O)Nc1ccc(F)cc1)c1ccccc1)c1c[nH]c2ccccc12. The minimum atomic E-state index is -1.16. The number of aromatic nitrogens is 1. The number of hydrogen-bond acceptors (Lipinski definition) is 3. The van der Waals surface area contributed by atoms with Crippen molar-refractivity contribution in [3.05, 3.63) is 102 Å². The van der Waals surface area contributed by atoms with E-state index in [0.29, 0.717) is 22.2 Å². The molecular formula is C23H17FN2O3. The first-order chi connectivity index (χ1) is 14.1. The van der Waals surface area contributed by atoms with Gasteiger partial charge >= 0.3 is 5.97 Å². The number of esters is 1. The summed E-state index contributed by atoms with van der Waals surface area (Å²) in [6.45, 7) is 0. The predicted molar refractivity (Wildman–Crippen MR) is 108 cm³/mol. The lowest BCUT2D eigenvalue weighted by Crippen LogP contribution is -2.25. The van der Waals surface area contributed by atoms with Crippen LogP contribution in [0.1, 0.15) is 22.0 Å². The Morgan fingerprint density at radius 3 is 2.34 bits per heavy atom. The van der Waals surface area contributed by atoms with E-state index in [1.165, 1.54) is 24.3 Å². The predicted octanol–water partition coefficient (Wildman–Crippen LogP) is 4.84. The topological polar surface area (TPSA) is 71.2 Å². The maximum Gasteiger partial charge on any atom is 0.341 e. The number of nitrogens with one attached hydrogen (secondary N) is 2. The Labute approximate surface area is 166 Å². The second-order valence-corrected chi connectivity index (χ2v) is 6.44. The highest BCUT2D eigenvalue weighted by atomic mass is 19.1. The van der Waals surface area contributed by atoms with Crippen molar-refractivity contribution in [3.8, 4) is 0 Å². The van der Waals surface area contributed by atoms with E-state index in [2.05, 4.69) is 10.3 Å². The minimum Gasteiger partial charge on any atom is -0.444 e. The molecule has 0 spiro atoms. The molecular weight excluding hydrogens is 371 g/mol. The fourth-order valence-electron chi connectivity index (χ4n) is 3.05. The van der Waals surface area contributed by atoms with E-state index >= 15 is 0 Å². The van der Waals surface area contributed by atoms with Crippen molar-refractivity contribution in [1.29, 1.82) is 0 Å². The van der Waals surface area contributed by atoms with Crippen LogP contribution in [0.2, 0.25) is 0 Å². The summed E-state index contributed by atoms with van der Waals surface area (Å²) in [6.07, 6.45) is 0.398. The number of para-hydroxylation sites is 1. The third-order valence-electron chi connectivity index (χ3n) is 4.49. The second kappa shape index (κ2) is 7.98. The number of fused-ring (bicyclic) bond motifs is 1. The van der Waals surface area contributed by atoms with Gasteiger partial charge in [0.15, 0.2) is 0 Å². The summed E-state index contributed by atoms with van der Waals surface area (Å²) < 4.78 is 18.7. The number of carbonyl (C=O) groups excluding carboxylic acids is 2. The van der Waals surface area contributed by atoms with Crippen LogP contribution in [0, 0.1) is 5.82 Å². The Morgan fingerprint density at radius 1 is 0.897 bits per heavy atom. The maximum absolute atomic E-state index is 13.1. The lowest BCUT2D eigenvalue weighted by atomic mass is 10.1. The summed E-state index contributed by atoms with van der Waals surface area (Å²) in [5.74, 6) is -1.56. The fourth-order valence-corrected chi connectivity index (χ4v) is 3.05. The van der Waals surface area contributed by atoms with Crippen LogP contribution in [0.5, 0.6) is 0 Å². The number of rotatable bonds is 5. The van der Waals surface area contributed by atoms with Gasteiger partial charge in [0.25, 0.3) is 5.91 Å². The summed E-state index contributed by atoms with van der Waals surface area (Å²) in [4.78, 5) is 28.7. The number of H-pyrrole nitrogens is 1. The van der Waals surface area contributed by atoms with E-state index in [1.54, 1.807) is 42.6 Å². The lowest BCUT2D eigenvalue weighted by Gasteiger charge is -2.18. The van der Waals surface area contributed by atoms with Gasteiger partial charge in [0.05, 0.1) is 5.56 Å². The number of carbonyl (C=O) groups is 2. The smallest absolute Gasteiger partial charge is 0.341 e. The van der Waals surface area contributed by atoms with Crippen LogP contribution in [-0.2, 0) is 9.53 Å². The Kier molecular flexibility index (Phi) is 5.07.